The first-order valence-electron chi connectivity index (χ1n) is 8.37. The first kappa shape index (κ1) is 15.5. The maximum atomic E-state index is 13.2. The molecule has 4 heteroatoms. The van der Waals surface area contributed by atoms with Gasteiger partial charge in [-0.25, -0.2) is 0 Å². The van der Waals surface area contributed by atoms with Crippen molar-refractivity contribution >= 4 is 25.3 Å². The molecule has 1 aliphatic heterocycles. The molecule has 0 amide bonds. The van der Waals surface area contributed by atoms with Crippen LogP contribution in [0, 0.1) is 11.8 Å². The SMILES string of the molecule is COc1ccc2c(c1)[C@@H]1[C@@H](CC2)[C@@H]2CCC(C(C)=O)=C2C[Te]1=O. The van der Waals surface area contributed by atoms with Gasteiger partial charge in [-0.3, -0.25) is 0 Å². The van der Waals surface area contributed by atoms with Gasteiger partial charge in [-0.15, -0.1) is 0 Å². The number of rotatable bonds is 2. The van der Waals surface area contributed by atoms with Crippen LogP contribution < -0.4 is 4.74 Å². The van der Waals surface area contributed by atoms with Crippen molar-refractivity contribution in [2.24, 2.45) is 11.8 Å². The van der Waals surface area contributed by atoms with E-state index in [0.29, 0.717) is 11.8 Å². The fraction of sp³-hybridized carbons (Fsp3) is 0.526. The predicted molar refractivity (Wildman–Crippen MR) is 89.2 cm³/mol. The van der Waals surface area contributed by atoms with Gasteiger partial charge in [0.05, 0.1) is 0 Å². The molecule has 122 valence electrons. The number of allylic oxidation sites excluding steroid dienone is 2. The number of ether oxygens (including phenoxy) is 1. The molecule has 1 aromatic carbocycles. The Morgan fingerprint density at radius 3 is 2.83 bits per heavy atom. The Kier molecular flexibility index (Phi) is 3.94. The Bertz CT molecular complexity index is 734. The summed E-state index contributed by atoms with van der Waals surface area (Å²) in [5.41, 5.74) is 4.91. The van der Waals surface area contributed by atoms with Gasteiger partial charge in [-0.05, 0) is 0 Å². The molecule has 3 atom stereocenters. The second-order valence-electron chi connectivity index (χ2n) is 6.92. The second kappa shape index (κ2) is 5.83. The van der Waals surface area contributed by atoms with Gasteiger partial charge in [0.2, 0.25) is 0 Å². The van der Waals surface area contributed by atoms with Crippen LogP contribution in [0.15, 0.2) is 29.3 Å². The maximum absolute atomic E-state index is 13.2. The summed E-state index contributed by atoms with van der Waals surface area (Å²) in [6.07, 6.45) is 4.15. The Labute approximate surface area is 144 Å². The fourth-order valence-electron chi connectivity index (χ4n) is 4.82. The molecule has 0 saturated carbocycles. The zero-order valence-electron chi connectivity index (χ0n) is 13.6. The van der Waals surface area contributed by atoms with Crippen molar-refractivity contribution in [3.8, 4) is 5.75 Å². The summed E-state index contributed by atoms with van der Waals surface area (Å²) in [6.45, 7) is 1.67. The van der Waals surface area contributed by atoms with E-state index in [9.17, 15) is 7.90 Å². The molecule has 4 rings (SSSR count). The van der Waals surface area contributed by atoms with Crippen molar-refractivity contribution < 1.29 is 12.6 Å². The summed E-state index contributed by atoms with van der Waals surface area (Å²) in [5, 5.41) is 0. The van der Waals surface area contributed by atoms with Gasteiger partial charge in [0, 0.05) is 0 Å². The van der Waals surface area contributed by atoms with E-state index < -0.39 is 19.5 Å². The molecule has 1 heterocycles. The van der Waals surface area contributed by atoms with Crippen LogP contribution in [0.3, 0.4) is 0 Å². The standard InChI is InChI=1S/C19H22O3Te/c1-11(20)14-7-8-15-16-6-4-12-3-5-13(22-2)9-17(12)19(16)23(21)10-18(14)15/h3,5,9,15-16,19H,4,6-8,10H2,1-2H3/t15-,16-,19-/m0/s1. The fourth-order valence-corrected chi connectivity index (χ4v) is 10.8. The minimum atomic E-state index is -2.52. The number of ketones is 1. The molecule has 1 saturated heterocycles. The van der Waals surface area contributed by atoms with E-state index in [1.54, 1.807) is 14.0 Å². The first-order chi connectivity index (χ1) is 11.1. The van der Waals surface area contributed by atoms with E-state index in [0.717, 1.165) is 41.5 Å². The van der Waals surface area contributed by atoms with Gasteiger partial charge in [0.1, 0.15) is 0 Å². The molecule has 23 heavy (non-hydrogen) atoms. The third-order valence-corrected chi connectivity index (χ3v) is 10.9. The molecule has 0 radical (unpaired) electrons. The van der Waals surface area contributed by atoms with Gasteiger partial charge >= 0.3 is 144 Å². The number of fused-ring (bicyclic) bond motifs is 5. The molecular weight excluding hydrogens is 404 g/mol. The van der Waals surface area contributed by atoms with Crippen LogP contribution in [-0.2, 0) is 14.3 Å². The normalized spacial score (nSPS) is 29.7. The van der Waals surface area contributed by atoms with Crippen LogP contribution >= 0.6 is 0 Å². The van der Waals surface area contributed by atoms with Gasteiger partial charge in [-0.1, -0.05) is 0 Å². The zero-order chi connectivity index (χ0) is 16.1. The Morgan fingerprint density at radius 2 is 2.09 bits per heavy atom. The van der Waals surface area contributed by atoms with Crippen LogP contribution in [0.4, 0.5) is 0 Å². The van der Waals surface area contributed by atoms with Crippen LogP contribution in [0.2, 0.25) is 4.47 Å². The van der Waals surface area contributed by atoms with Crippen LogP contribution in [0.5, 0.6) is 5.75 Å². The van der Waals surface area contributed by atoms with Gasteiger partial charge in [-0.2, -0.15) is 0 Å². The van der Waals surface area contributed by atoms with Crippen molar-refractivity contribution in [3.05, 3.63) is 40.5 Å². The van der Waals surface area contributed by atoms with Crippen molar-refractivity contribution in [1.29, 1.82) is 0 Å². The van der Waals surface area contributed by atoms with Gasteiger partial charge in [0.15, 0.2) is 0 Å². The van der Waals surface area contributed by atoms with Crippen LogP contribution in [-0.4, -0.2) is 32.4 Å². The number of aryl methyl sites for hydroxylation is 1. The van der Waals surface area contributed by atoms with E-state index in [1.165, 1.54) is 16.7 Å². The quantitative estimate of drug-likeness (QED) is 0.680. The summed E-state index contributed by atoms with van der Waals surface area (Å²) < 4.78 is 19.5. The molecule has 0 bridgehead atoms. The molecule has 0 unspecified atom stereocenters. The molecule has 0 N–H and O–H groups in total. The first-order valence-corrected chi connectivity index (χ1v) is 12.3. The summed E-state index contributed by atoms with van der Waals surface area (Å²) >= 11 is -2.52. The third-order valence-electron chi connectivity index (χ3n) is 5.86. The van der Waals surface area contributed by atoms with E-state index in [1.807, 2.05) is 6.07 Å². The molecule has 2 aliphatic carbocycles. The average molecular weight is 426 g/mol. The summed E-state index contributed by atoms with van der Waals surface area (Å²) in [4.78, 5) is 11.9. The number of methoxy groups -OCH3 is 1. The molecule has 1 aromatic rings. The van der Waals surface area contributed by atoms with Crippen molar-refractivity contribution in [1.82, 2.24) is 0 Å². The van der Waals surface area contributed by atoms with E-state index >= 15 is 0 Å². The summed E-state index contributed by atoms with van der Waals surface area (Å²) in [5.74, 6) is 2.03. The zero-order valence-corrected chi connectivity index (χ0v) is 16.0. The molecule has 1 fully saturated rings. The monoisotopic (exact) mass is 428 g/mol. The molecule has 0 aromatic heterocycles. The summed E-state index contributed by atoms with van der Waals surface area (Å²) in [6, 6.07) is 6.28. The topological polar surface area (TPSA) is 43.4 Å². The Morgan fingerprint density at radius 1 is 1.26 bits per heavy atom. The van der Waals surface area contributed by atoms with Crippen LogP contribution in [0.25, 0.3) is 0 Å². The molecule has 3 nitrogen and oxygen atoms in total. The van der Waals surface area contributed by atoms with Crippen molar-refractivity contribution in [2.45, 2.75) is 41.0 Å². The average Bonchev–Trinajstić information content (AvgIpc) is 2.97. The van der Waals surface area contributed by atoms with E-state index in [-0.39, 0.29) is 9.75 Å². The Balaban J connectivity index is 1.77. The predicted octanol–water partition coefficient (Wildman–Crippen LogP) is 3.61. The number of hydrogen-bond donors (Lipinski definition) is 0. The Hall–Kier alpha value is -0.980. The number of carbonyl (C=O) groups is 1. The van der Waals surface area contributed by atoms with Crippen LogP contribution in [0.1, 0.15) is 41.3 Å². The van der Waals surface area contributed by atoms with Crippen molar-refractivity contribution in [3.63, 3.8) is 0 Å². The number of carbonyl (C=O) groups excluding carboxylic acids is 1. The third kappa shape index (κ3) is 2.42. The minimum absolute atomic E-state index is 0.199. The summed E-state index contributed by atoms with van der Waals surface area (Å²) in [7, 11) is 1.69. The number of hydrogen-bond acceptors (Lipinski definition) is 3. The van der Waals surface area contributed by atoms with E-state index in [2.05, 4.69) is 12.1 Å². The number of benzene rings is 1. The van der Waals surface area contributed by atoms with E-state index in [4.69, 9.17) is 4.74 Å². The second-order valence-corrected chi connectivity index (χ2v) is 11.4. The number of Topliss-reactive ketones (excluding diaryl/α,β-unsaturated/α-hetero) is 1. The molecular formula is C19H22O3Te. The van der Waals surface area contributed by atoms with Gasteiger partial charge < -0.3 is 0 Å². The van der Waals surface area contributed by atoms with Gasteiger partial charge in [0.25, 0.3) is 0 Å². The molecule has 0 spiro atoms. The van der Waals surface area contributed by atoms with Crippen molar-refractivity contribution in [2.75, 3.05) is 7.11 Å². The molecule has 3 aliphatic rings.